The Morgan fingerprint density at radius 3 is 1.65 bits per heavy atom. The van der Waals surface area contributed by atoms with Gasteiger partial charge in [-0.25, -0.2) is 0 Å². The molecule has 1 aromatic carbocycles. The summed E-state index contributed by atoms with van der Waals surface area (Å²) in [4.78, 5) is 0. The van der Waals surface area contributed by atoms with Gasteiger partial charge >= 0.3 is 12.4 Å². The normalized spacial score (nSPS) is 15.3. The molecule has 0 unspecified atom stereocenters. The Hall–Kier alpha value is -0.990. The van der Waals surface area contributed by atoms with Crippen LogP contribution in [-0.4, -0.2) is 11.2 Å². The zero-order valence-corrected chi connectivity index (χ0v) is 13.2. The quantitative estimate of drug-likeness (QED) is 0.769. The van der Waals surface area contributed by atoms with E-state index < -0.39 is 41.2 Å². The van der Waals surface area contributed by atoms with Crippen molar-refractivity contribution in [1.82, 2.24) is 0 Å². The predicted molar refractivity (Wildman–Crippen MR) is 76.1 cm³/mol. The van der Waals surface area contributed by atoms with Crippen molar-refractivity contribution in [3.63, 3.8) is 0 Å². The molecule has 0 radical (unpaired) electrons. The molecule has 0 saturated carbocycles. The first-order valence-electron chi connectivity index (χ1n) is 6.55. The number of aliphatic hydroxyl groups excluding tert-OH is 1. The van der Waals surface area contributed by atoms with Gasteiger partial charge in [0.25, 0.3) is 0 Å². The second-order valence-electron chi connectivity index (χ2n) is 5.56. The van der Waals surface area contributed by atoms with E-state index in [0.717, 1.165) is 0 Å². The van der Waals surface area contributed by atoms with Crippen molar-refractivity contribution in [2.24, 2.45) is 11.7 Å². The number of rotatable bonds is 4. The third-order valence-corrected chi connectivity index (χ3v) is 3.12. The Balaban J connectivity index is 0.00000484. The van der Waals surface area contributed by atoms with Crippen molar-refractivity contribution in [3.05, 3.63) is 34.9 Å². The lowest BCUT2D eigenvalue weighted by Gasteiger charge is -2.23. The van der Waals surface area contributed by atoms with Crippen LogP contribution in [0.3, 0.4) is 0 Å². The summed E-state index contributed by atoms with van der Waals surface area (Å²) in [5.74, 6) is -0.00562. The first-order valence-corrected chi connectivity index (χ1v) is 6.55. The minimum Gasteiger partial charge on any atom is -0.391 e. The molecule has 0 spiro atoms. The molecule has 0 aliphatic carbocycles. The van der Waals surface area contributed by atoms with E-state index in [1.807, 2.05) is 0 Å². The Bertz CT molecular complexity index is 483. The molecule has 9 heteroatoms. The summed E-state index contributed by atoms with van der Waals surface area (Å²) < 4.78 is 76.4. The molecular weight excluding hydrogens is 348 g/mol. The van der Waals surface area contributed by atoms with E-state index in [0.29, 0.717) is 12.1 Å². The maximum atomic E-state index is 12.7. The molecule has 0 heterocycles. The summed E-state index contributed by atoms with van der Waals surface area (Å²) >= 11 is 0. The van der Waals surface area contributed by atoms with Crippen molar-refractivity contribution in [3.8, 4) is 0 Å². The summed E-state index contributed by atoms with van der Waals surface area (Å²) in [5, 5.41) is 9.84. The topological polar surface area (TPSA) is 46.2 Å². The number of benzene rings is 1. The fourth-order valence-electron chi connectivity index (χ4n) is 2.02. The lowest BCUT2D eigenvalue weighted by molar-refractivity contribution is -0.143. The van der Waals surface area contributed by atoms with E-state index in [2.05, 4.69) is 0 Å². The highest BCUT2D eigenvalue weighted by Gasteiger charge is 2.37. The number of halogens is 7. The van der Waals surface area contributed by atoms with Crippen molar-refractivity contribution in [2.45, 2.75) is 44.8 Å². The highest BCUT2D eigenvalue weighted by atomic mass is 35.5. The molecule has 0 amide bonds. The molecule has 0 aliphatic rings. The second kappa shape index (κ2) is 7.72. The fraction of sp³-hybridized carbons (Fsp3) is 0.571. The maximum absolute atomic E-state index is 12.7. The molecule has 0 aromatic heterocycles. The zero-order chi connectivity index (χ0) is 17.3. The highest BCUT2D eigenvalue weighted by Crippen LogP contribution is 2.37. The number of hydrogen-bond acceptors (Lipinski definition) is 2. The van der Waals surface area contributed by atoms with Crippen molar-refractivity contribution >= 4 is 12.4 Å². The lowest BCUT2D eigenvalue weighted by atomic mass is 9.93. The molecular formula is C14H18ClF6NO. The number of nitrogens with two attached hydrogens (primary N) is 1. The Morgan fingerprint density at radius 1 is 0.957 bits per heavy atom. The average molecular weight is 366 g/mol. The predicted octanol–water partition coefficient (Wildman–Crippen LogP) is 4.55. The van der Waals surface area contributed by atoms with E-state index in [-0.39, 0.29) is 30.8 Å². The van der Waals surface area contributed by atoms with Gasteiger partial charge in [-0.2, -0.15) is 26.3 Å². The monoisotopic (exact) mass is 365 g/mol. The van der Waals surface area contributed by atoms with E-state index in [1.54, 1.807) is 13.8 Å². The number of alkyl halides is 6. The van der Waals surface area contributed by atoms with Gasteiger partial charge in [-0.05, 0) is 36.1 Å². The van der Waals surface area contributed by atoms with Gasteiger partial charge < -0.3 is 10.8 Å². The van der Waals surface area contributed by atoms with Gasteiger partial charge in [-0.1, -0.05) is 13.8 Å². The van der Waals surface area contributed by atoms with Gasteiger partial charge in [-0.15, -0.1) is 12.4 Å². The summed E-state index contributed by atoms with van der Waals surface area (Å²) in [6, 6.07) is -0.205. The smallest absolute Gasteiger partial charge is 0.391 e. The van der Waals surface area contributed by atoms with E-state index in [9.17, 15) is 31.4 Å². The van der Waals surface area contributed by atoms with Gasteiger partial charge in [-0.3, -0.25) is 0 Å². The van der Waals surface area contributed by atoms with Crippen molar-refractivity contribution < 1.29 is 31.4 Å². The van der Waals surface area contributed by atoms with Crippen LogP contribution in [0, 0.1) is 5.92 Å². The SMILES string of the molecule is CC(C)C[C@H](O)[C@H](N)c1cc(C(F)(F)F)cc(C(F)(F)F)c1.Cl. The van der Waals surface area contributed by atoms with Crippen LogP contribution < -0.4 is 5.73 Å². The lowest BCUT2D eigenvalue weighted by Crippen LogP contribution is -2.28. The van der Waals surface area contributed by atoms with Gasteiger partial charge in [0.1, 0.15) is 0 Å². The first kappa shape index (κ1) is 22.0. The molecule has 2 nitrogen and oxygen atoms in total. The van der Waals surface area contributed by atoms with Gasteiger partial charge in [0, 0.05) is 0 Å². The van der Waals surface area contributed by atoms with Crippen LogP contribution in [-0.2, 0) is 12.4 Å². The molecule has 134 valence electrons. The van der Waals surface area contributed by atoms with Gasteiger partial charge in [0.15, 0.2) is 0 Å². The standard InChI is InChI=1S/C14H17F6NO.ClH/c1-7(2)3-11(22)12(21)8-4-9(13(15,16)17)6-10(5-8)14(18,19)20;/h4-7,11-12,22H,3,21H2,1-2H3;1H/t11-,12+;/m0./s1. The molecule has 0 bridgehead atoms. The fourth-order valence-corrected chi connectivity index (χ4v) is 2.02. The van der Waals surface area contributed by atoms with Gasteiger partial charge in [0.05, 0.1) is 23.3 Å². The molecule has 3 N–H and O–H groups in total. The number of hydrogen-bond donors (Lipinski definition) is 2. The van der Waals surface area contributed by atoms with Gasteiger partial charge in [0.2, 0.25) is 0 Å². The van der Waals surface area contributed by atoms with Crippen LogP contribution in [0.2, 0.25) is 0 Å². The van der Waals surface area contributed by atoms with Crippen LogP contribution >= 0.6 is 12.4 Å². The molecule has 1 aromatic rings. The van der Waals surface area contributed by atoms with Crippen LogP contribution in [0.4, 0.5) is 26.3 Å². The summed E-state index contributed by atoms with van der Waals surface area (Å²) in [7, 11) is 0. The summed E-state index contributed by atoms with van der Waals surface area (Å²) in [6.45, 7) is 3.51. The van der Waals surface area contributed by atoms with Crippen LogP contribution in [0.15, 0.2) is 18.2 Å². The highest BCUT2D eigenvalue weighted by molar-refractivity contribution is 5.85. The largest absolute Gasteiger partial charge is 0.416 e. The zero-order valence-electron chi connectivity index (χ0n) is 12.4. The summed E-state index contributed by atoms with van der Waals surface area (Å²) in [5.41, 5.74) is 2.35. The Morgan fingerprint density at radius 2 is 1.35 bits per heavy atom. The summed E-state index contributed by atoms with van der Waals surface area (Å²) in [6.07, 6.45) is -10.9. The minimum absolute atomic E-state index is 0. The number of aliphatic hydroxyl groups is 1. The molecule has 0 aliphatic heterocycles. The van der Waals surface area contributed by atoms with Crippen molar-refractivity contribution in [2.75, 3.05) is 0 Å². The molecule has 0 fully saturated rings. The first-order chi connectivity index (χ1) is 9.82. The Kier molecular flexibility index (Phi) is 7.39. The van der Waals surface area contributed by atoms with Crippen LogP contribution in [0.25, 0.3) is 0 Å². The van der Waals surface area contributed by atoms with Crippen LogP contribution in [0.1, 0.15) is 43.0 Å². The van der Waals surface area contributed by atoms with E-state index in [1.165, 1.54) is 0 Å². The third kappa shape index (κ3) is 6.19. The van der Waals surface area contributed by atoms with E-state index in [4.69, 9.17) is 5.73 Å². The molecule has 0 saturated heterocycles. The van der Waals surface area contributed by atoms with Crippen LogP contribution in [0.5, 0.6) is 0 Å². The maximum Gasteiger partial charge on any atom is 0.416 e. The Labute approximate surface area is 136 Å². The second-order valence-corrected chi connectivity index (χ2v) is 5.56. The third-order valence-electron chi connectivity index (χ3n) is 3.12. The molecule has 23 heavy (non-hydrogen) atoms. The van der Waals surface area contributed by atoms with E-state index >= 15 is 0 Å². The molecule has 2 atom stereocenters. The average Bonchev–Trinajstić information content (AvgIpc) is 2.34. The van der Waals surface area contributed by atoms with Crippen molar-refractivity contribution in [1.29, 1.82) is 0 Å². The minimum atomic E-state index is -4.93. The molecule has 1 rings (SSSR count).